The largest absolute Gasteiger partial charge is 0.397 e. The maximum atomic E-state index is 13.1. The fourth-order valence-electron chi connectivity index (χ4n) is 3.82. The molecule has 3 aromatic heterocycles. The van der Waals surface area contributed by atoms with Gasteiger partial charge >= 0.3 is 0 Å². The first kappa shape index (κ1) is 22.2. The zero-order valence-electron chi connectivity index (χ0n) is 17.8. The first-order chi connectivity index (χ1) is 15.9. The Morgan fingerprint density at radius 3 is 2.64 bits per heavy atom. The molecule has 1 saturated heterocycles. The summed E-state index contributed by atoms with van der Waals surface area (Å²) >= 11 is 0. The number of nitrogens with one attached hydrogen (secondary N) is 2. The number of halogens is 1. The molecule has 0 saturated carbocycles. The molecule has 4 rings (SSSR count). The van der Waals surface area contributed by atoms with Crippen LogP contribution in [0.5, 0.6) is 0 Å². The van der Waals surface area contributed by atoms with Crippen molar-refractivity contribution >= 4 is 34.7 Å². The third-order valence-electron chi connectivity index (χ3n) is 5.56. The summed E-state index contributed by atoms with van der Waals surface area (Å²) in [5, 5.41) is 16.4. The van der Waals surface area contributed by atoms with E-state index in [1.54, 1.807) is 18.3 Å². The number of nitrogens with two attached hydrogens (primary N) is 2. The van der Waals surface area contributed by atoms with Crippen LogP contribution >= 0.6 is 0 Å². The lowest BCUT2D eigenvalue weighted by molar-refractivity contribution is 0.100. The molecule has 4 heterocycles. The third kappa shape index (κ3) is 5.26. The summed E-state index contributed by atoms with van der Waals surface area (Å²) in [4.78, 5) is 26.6. The molecule has 0 spiro atoms. The molecule has 0 aliphatic carbocycles. The molecule has 11 heteroatoms. The summed E-state index contributed by atoms with van der Waals surface area (Å²) in [6, 6.07) is 7.94. The Labute approximate surface area is 189 Å². The summed E-state index contributed by atoms with van der Waals surface area (Å²) in [6.45, 7) is 1.23. The second-order valence-corrected chi connectivity index (χ2v) is 7.84. The third-order valence-corrected chi connectivity index (χ3v) is 5.56. The Morgan fingerprint density at radius 1 is 1.15 bits per heavy atom. The molecule has 0 bridgehead atoms. The van der Waals surface area contributed by atoms with Gasteiger partial charge in [-0.3, -0.25) is 4.79 Å². The minimum atomic E-state index is -0.625. The topological polar surface area (TPSA) is 155 Å². The summed E-state index contributed by atoms with van der Waals surface area (Å²) in [5.41, 5.74) is 12.6. The van der Waals surface area contributed by atoms with Gasteiger partial charge in [-0.05, 0) is 30.7 Å². The number of nitrogens with zero attached hydrogens (tertiary/aromatic N) is 4. The lowest BCUT2D eigenvalue weighted by Gasteiger charge is -2.39. The fourth-order valence-corrected chi connectivity index (χ4v) is 3.82. The van der Waals surface area contributed by atoms with Crippen LogP contribution in [0.15, 0.2) is 48.9 Å². The first-order valence-corrected chi connectivity index (χ1v) is 10.4. The Hall–Kier alpha value is -3.99. The molecule has 2 atom stereocenters. The van der Waals surface area contributed by atoms with Gasteiger partial charge in [0.2, 0.25) is 0 Å². The number of piperidine rings is 1. The lowest BCUT2D eigenvalue weighted by Crippen LogP contribution is -2.48. The minimum Gasteiger partial charge on any atom is -0.397 e. The highest BCUT2D eigenvalue weighted by Crippen LogP contribution is 2.28. The average Bonchev–Trinajstić information content (AvgIpc) is 2.81. The van der Waals surface area contributed by atoms with Crippen molar-refractivity contribution in [2.75, 3.05) is 41.0 Å². The van der Waals surface area contributed by atoms with Crippen molar-refractivity contribution in [3.8, 4) is 0 Å². The second-order valence-electron chi connectivity index (χ2n) is 7.84. The molecular formula is C22H25FN8O2. The van der Waals surface area contributed by atoms with Crippen molar-refractivity contribution in [2.24, 2.45) is 11.7 Å². The summed E-state index contributed by atoms with van der Waals surface area (Å²) in [7, 11) is 0. The fraction of sp³-hybridized carbons (Fsp3) is 0.273. The van der Waals surface area contributed by atoms with Gasteiger partial charge in [0.1, 0.15) is 23.3 Å². The quantitative estimate of drug-likeness (QED) is 0.360. The summed E-state index contributed by atoms with van der Waals surface area (Å²) in [6.07, 6.45) is 4.76. The number of aromatic nitrogens is 3. The molecule has 0 aromatic carbocycles. The maximum Gasteiger partial charge on any atom is 0.252 e. The summed E-state index contributed by atoms with van der Waals surface area (Å²) < 4.78 is 13.1. The van der Waals surface area contributed by atoms with Crippen LogP contribution < -0.4 is 27.0 Å². The van der Waals surface area contributed by atoms with Crippen LogP contribution in [-0.4, -0.2) is 51.7 Å². The Bertz CT molecular complexity index is 1110. The Morgan fingerprint density at radius 2 is 1.97 bits per heavy atom. The molecule has 1 aliphatic rings. The molecule has 172 valence electrons. The molecule has 33 heavy (non-hydrogen) atoms. The van der Waals surface area contributed by atoms with Crippen molar-refractivity contribution in [1.82, 2.24) is 15.0 Å². The van der Waals surface area contributed by atoms with Gasteiger partial charge in [0.05, 0.1) is 29.3 Å². The Balaban J connectivity index is 1.52. The maximum absolute atomic E-state index is 13.1. The van der Waals surface area contributed by atoms with Crippen LogP contribution in [-0.2, 0) is 0 Å². The van der Waals surface area contributed by atoms with E-state index >= 15 is 0 Å². The van der Waals surface area contributed by atoms with Crippen molar-refractivity contribution < 1.29 is 14.3 Å². The van der Waals surface area contributed by atoms with Crippen LogP contribution in [0.2, 0.25) is 0 Å². The van der Waals surface area contributed by atoms with Crippen molar-refractivity contribution in [2.45, 2.75) is 12.5 Å². The van der Waals surface area contributed by atoms with Gasteiger partial charge in [0, 0.05) is 43.9 Å². The molecule has 1 amide bonds. The van der Waals surface area contributed by atoms with Gasteiger partial charge in [0.15, 0.2) is 0 Å². The zero-order chi connectivity index (χ0) is 23.4. The number of aliphatic hydroxyl groups excluding tert-OH is 1. The SMILES string of the molecule is NC(=O)c1cnc(Nc2ccc(F)cn2)cc1N[C@@H]1CCN(c2ccc(N)cn2)C[C@@H]1CO. The normalized spacial score (nSPS) is 18.1. The van der Waals surface area contributed by atoms with Gasteiger partial charge < -0.3 is 32.1 Å². The number of hydrogen-bond acceptors (Lipinski definition) is 9. The number of anilines is 5. The van der Waals surface area contributed by atoms with Crippen LogP contribution in [0.4, 0.5) is 33.2 Å². The number of carbonyl (C=O) groups is 1. The van der Waals surface area contributed by atoms with Gasteiger partial charge in [-0.25, -0.2) is 19.3 Å². The molecule has 7 N–H and O–H groups in total. The van der Waals surface area contributed by atoms with Gasteiger partial charge in [-0.1, -0.05) is 0 Å². The molecule has 1 aliphatic heterocycles. The minimum absolute atomic E-state index is 0.0509. The van der Waals surface area contributed by atoms with Gasteiger partial charge in [-0.2, -0.15) is 0 Å². The number of nitrogen functional groups attached to an aromatic ring is 1. The number of hydrogen-bond donors (Lipinski definition) is 5. The molecular weight excluding hydrogens is 427 g/mol. The standard InChI is InChI=1S/C22H25FN8O2/c23-14-1-3-19(26-8-14)30-20-7-18(16(10-27-20)22(25)33)29-17-5-6-31(11-13(17)12-32)21-4-2-15(24)9-28-21/h1-4,7-10,13,17,32H,5-6,11-12,24H2,(H2,25,33)(H2,26,27,29,30)/t13-,17-/m1/s1. The van der Waals surface area contributed by atoms with Gasteiger partial charge in [0.25, 0.3) is 5.91 Å². The van der Waals surface area contributed by atoms with Crippen LogP contribution in [0.1, 0.15) is 16.8 Å². The lowest BCUT2D eigenvalue weighted by atomic mass is 9.92. The van der Waals surface area contributed by atoms with E-state index < -0.39 is 11.7 Å². The summed E-state index contributed by atoms with van der Waals surface area (Å²) in [5.74, 6) is 0.407. The van der Waals surface area contributed by atoms with E-state index in [1.165, 1.54) is 18.3 Å². The van der Waals surface area contributed by atoms with E-state index in [0.29, 0.717) is 42.5 Å². The van der Waals surface area contributed by atoms with Crippen LogP contribution in [0.25, 0.3) is 0 Å². The van der Waals surface area contributed by atoms with Gasteiger partial charge in [-0.15, -0.1) is 0 Å². The van der Waals surface area contributed by atoms with Crippen LogP contribution in [0.3, 0.4) is 0 Å². The van der Waals surface area contributed by atoms with Crippen molar-refractivity contribution in [3.05, 3.63) is 60.3 Å². The Kier molecular flexibility index (Phi) is 6.50. The molecule has 1 fully saturated rings. The second kappa shape index (κ2) is 9.65. The number of carbonyl (C=O) groups excluding carboxylic acids is 1. The highest BCUT2D eigenvalue weighted by Gasteiger charge is 2.30. The highest BCUT2D eigenvalue weighted by atomic mass is 19.1. The van der Waals surface area contributed by atoms with E-state index in [0.717, 1.165) is 12.0 Å². The van der Waals surface area contributed by atoms with Crippen LogP contribution in [0, 0.1) is 11.7 Å². The molecule has 0 radical (unpaired) electrons. The predicted molar refractivity (Wildman–Crippen MR) is 124 cm³/mol. The monoisotopic (exact) mass is 452 g/mol. The zero-order valence-corrected chi connectivity index (χ0v) is 17.8. The molecule has 3 aromatic rings. The predicted octanol–water partition coefficient (Wildman–Crippen LogP) is 1.73. The van der Waals surface area contributed by atoms with E-state index in [-0.39, 0.29) is 24.1 Å². The molecule has 0 unspecified atom stereocenters. The number of aliphatic hydroxyl groups is 1. The van der Waals surface area contributed by atoms with Crippen molar-refractivity contribution in [3.63, 3.8) is 0 Å². The smallest absolute Gasteiger partial charge is 0.252 e. The van der Waals surface area contributed by atoms with E-state index in [1.807, 2.05) is 6.07 Å². The first-order valence-electron chi connectivity index (χ1n) is 10.4. The average molecular weight is 452 g/mol. The molecule has 10 nitrogen and oxygen atoms in total. The van der Waals surface area contributed by atoms with Crippen molar-refractivity contribution in [1.29, 1.82) is 0 Å². The number of primary amides is 1. The van der Waals surface area contributed by atoms with E-state index in [2.05, 4.69) is 30.5 Å². The van der Waals surface area contributed by atoms with E-state index in [9.17, 15) is 14.3 Å². The number of amides is 1. The number of pyridine rings is 3. The van der Waals surface area contributed by atoms with E-state index in [4.69, 9.17) is 11.5 Å². The number of rotatable bonds is 7. The highest BCUT2D eigenvalue weighted by molar-refractivity contribution is 5.98.